The summed E-state index contributed by atoms with van der Waals surface area (Å²) < 4.78 is 0. The van der Waals surface area contributed by atoms with Gasteiger partial charge in [0.05, 0.1) is 18.2 Å². The van der Waals surface area contributed by atoms with Gasteiger partial charge in [0.1, 0.15) is 0 Å². The molecule has 0 heterocycles. The maximum atomic E-state index is 12.2. The van der Waals surface area contributed by atoms with Gasteiger partial charge in [-0.3, -0.25) is 4.79 Å². The topological polar surface area (TPSA) is 101 Å². The van der Waals surface area contributed by atoms with Crippen molar-refractivity contribution in [2.75, 3.05) is 18.1 Å². The van der Waals surface area contributed by atoms with Gasteiger partial charge in [0.2, 0.25) is 0 Å². The van der Waals surface area contributed by atoms with Gasteiger partial charge in [-0.25, -0.2) is 0 Å². The maximum absolute atomic E-state index is 12.2. The molecular formula is C15H17N3O2. The molecule has 0 aliphatic rings. The third kappa shape index (κ3) is 3.07. The first-order chi connectivity index (χ1) is 9.61. The van der Waals surface area contributed by atoms with E-state index < -0.39 is 6.04 Å². The van der Waals surface area contributed by atoms with Crippen LogP contribution < -0.4 is 16.8 Å². The van der Waals surface area contributed by atoms with E-state index in [9.17, 15) is 9.90 Å². The quantitative estimate of drug-likeness (QED) is 0.630. The number of aliphatic hydroxyl groups excluding tert-OH is 1. The second-order valence-electron chi connectivity index (χ2n) is 4.47. The van der Waals surface area contributed by atoms with Crippen molar-refractivity contribution >= 4 is 17.3 Å². The number of amides is 1. The molecule has 1 atom stereocenters. The number of anilines is 2. The Morgan fingerprint density at radius 3 is 2.45 bits per heavy atom. The average Bonchev–Trinajstić information content (AvgIpc) is 2.45. The first-order valence-electron chi connectivity index (χ1n) is 6.23. The molecule has 0 unspecified atom stereocenters. The Balaban J connectivity index is 2.17. The lowest BCUT2D eigenvalue weighted by Crippen LogP contribution is -2.31. The summed E-state index contributed by atoms with van der Waals surface area (Å²) in [7, 11) is 0. The minimum absolute atomic E-state index is 0.190. The van der Waals surface area contributed by atoms with Gasteiger partial charge in [0.15, 0.2) is 0 Å². The Kier molecular flexibility index (Phi) is 4.22. The number of nitrogen functional groups attached to an aromatic ring is 2. The Bertz CT molecular complexity index is 599. The van der Waals surface area contributed by atoms with Crippen molar-refractivity contribution in [3.63, 3.8) is 0 Å². The van der Waals surface area contributed by atoms with Gasteiger partial charge in [-0.1, -0.05) is 30.3 Å². The third-order valence-electron chi connectivity index (χ3n) is 3.01. The van der Waals surface area contributed by atoms with Crippen LogP contribution in [0.3, 0.4) is 0 Å². The van der Waals surface area contributed by atoms with Crippen LogP contribution in [-0.2, 0) is 0 Å². The standard InChI is InChI=1S/C15H17N3O2/c16-11-6-7-12(13(17)8-11)15(20)18-14(9-19)10-4-2-1-3-5-10/h1-8,14,19H,9,16-17H2,(H,18,20)/t14-/m0/s1. The molecule has 2 aromatic rings. The predicted molar refractivity (Wildman–Crippen MR) is 79.0 cm³/mol. The van der Waals surface area contributed by atoms with Crippen LogP contribution in [0.1, 0.15) is 22.0 Å². The van der Waals surface area contributed by atoms with Crippen molar-refractivity contribution in [2.45, 2.75) is 6.04 Å². The zero-order valence-electron chi connectivity index (χ0n) is 10.9. The summed E-state index contributed by atoms with van der Waals surface area (Å²) in [5.41, 5.74) is 13.4. The fraction of sp³-hybridized carbons (Fsp3) is 0.133. The van der Waals surface area contributed by atoms with E-state index in [-0.39, 0.29) is 12.5 Å². The molecule has 5 heteroatoms. The van der Waals surface area contributed by atoms with Crippen LogP contribution in [0.15, 0.2) is 48.5 Å². The Morgan fingerprint density at radius 1 is 1.15 bits per heavy atom. The molecule has 2 rings (SSSR count). The van der Waals surface area contributed by atoms with Gasteiger partial charge in [0, 0.05) is 11.4 Å². The van der Waals surface area contributed by atoms with E-state index in [2.05, 4.69) is 5.32 Å². The lowest BCUT2D eigenvalue weighted by Gasteiger charge is -2.17. The van der Waals surface area contributed by atoms with Crippen LogP contribution in [0.25, 0.3) is 0 Å². The highest BCUT2D eigenvalue weighted by Gasteiger charge is 2.16. The van der Waals surface area contributed by atoms with E-state index in [4.69, 9.17) is 11.5 Å². The number of nitrogens with two attached hydrogens (primary N) is 2. The summed E-state index contributed by atoms with van der Waals surface area (Å²) in [5, 5.41) is 12.2. The smallest absolute Gasteiger partial charge is 0.253 e. The van der Waals surface area contributed by atoms with Crippen molar-refractivity contribution in [3.8, 4) is 0 Å². The fourth-order valence-corrected chi connectivity index (χ4v) is 1.94. The maximum Gasteiger partial charge on any atom is 0.253 e. The molecule has 0 saturated heterocycles. The van der Waals surface area contributed by atoms with Crippen LogP contribution >= 0.6 is 0 Å². The molecular weight excluding hydrogens is 254 g/mol. The van der Waals surface area contributed by atoms with Crippen LogP contribution in [0.5, 0.6) is 0 Å². The summed E-state index contributed by atoms with van der Waals surface area (Å²) in [6.07, 6.45) is 0. The second-order valence-corrected chi connectivity index (χ2v) is 4.47. The molecule has 0 bridgehead atoms. The van der Waals surface area contributed by atoms with Crippen LogP contribution in [0, 0.1) is 0 Å². The number of hydrogen-bond donors (Lipinski definition) is 4. The van der Waals surface area contributed by atoms with Gasteiger partial charge in [0.25, 0.3) is 5.91 Å². The number of benzene rings is 2. The molecule has 6 N–H and O–H groups in total. The minimum Gasteiger partial charge on any atom is -0.399 e. The van der Waals surface area contributed by atoms with Crippen LogP contribution in [0.2, 0.25) is 0 Å². The molecule has 0 radical (unpaired) electrons. The monoisotopic (exact) mass is 271 g/mol. The number of aliphatic hydroxyl groups is 1. The number of carbonyl (C=O) groups excluding carboxylic acids is 1. The molecule has 0 spiro atoms. The summed E-state index contributed by atoms with van der Waals surface area (Å²) in [6.45, 7) is -0.190. The predicted octanol–water partition coefficient (Wildman–Crippen LogP) is 1.31. The van der Waals surface area contributed by atoms with Crippen molar-refractivity contribution in [1.82, 2.24) is 5.32 Å². The molecule has 0 fully saturated rings. The van der Waals surface area contributed by atoms with Gasteiger partial charge < -0.3 is 21.9 Å². The summed E-state index contributed by atoms with van der Waals surface area (Å²) in [6, 6.07) is 13.5. The zero-order valence-corrected chi connectivity index (χ0v) is 10.9. The first kappa shape index (κ1) is 13.9. The highest BCUT2D eigenvalue weighted by Crippen LogP contribution is 2.18. The molecule has 0 aliphatic heterocycles. The lowest BCUT2D eigenvalue weighted by molar-refractivity contribution is 0.0917. The molecule has 0 saturated carbocycles. The van der Waals surface area contributed by atoms with E-state index in [1.165, 1.54) is 6.07 Å². The fourth-order valence-electron chi connectivity index (χ4n) is 1.94. The van der Waals surface area contributed by atoms with E-state index in [0.717, 1.165) is 5.56 Å². The van der Waals surface area contributed by atoms with Crippen molar-refractivity contribution in [3.05, 3.63) is 59.7 Å². The summed E-state index contributed by atoms with van der Waals surface area (Å²) in [4.78, 5) is 12.2. The van der Waals surface area contributed by atoms with Gasteiger partial charge >= 0.3 is 0 Å². The molecule has 0 aromatic heterocycles. The Hall–Kier alpha value is -2.53. The van der Waals surface area contributed by atoms with E-state index in [1.807, 2.05) is 30.3 Å². The number of hydrogen-bond acceptors (Lipinski definition) is 4. The first-order valence-corrected chi connectivity index (χ1v) is 6.23. The Labute approximate surface area is 117 Å². The highest BCUT2D eigenvalue weighted by atomic mass is 16.3. The van der Waals surface area contributed by atoms with Crippen LogP contribution in [-0.4, -0.2) is 17.6 Å². The van der Waals surface area contributed by atoms with Crippen molar-refractivity contribution < 1.29 is 9.90 Å². The van der Waals surface area contributed by atoms with Gasteiger partial charge in [-0.15, -0.1) is 0 Å². The third-order valence-corrected chi connectivity index (χ3v) is 3.01. The second kappa shape index (κ2) is 6.08. The normalized spacial score (nSPS) is 11.8. The SMILES string of the molecule is Nc1ccc(C(=O)N[C@@H](CO)c2ccccc2)c(N)c1. The van der Waals surface area contributed by atoms with Gasteiger partial charge in [-0.05, 0) is 23.8 Å². The molecule has 2 aromatic carbocycles. The van der Waals surface area contributed by atoms with Crippen molar-refractivity contribution in [2.24, 2.45) is 0 Å². The zero-order chi connectivity index (χ0) is 14.5. The van der Waals surface area contributed by atoms with E-state index in [1.54, 1.807) is 12.1 Å². The Morgan fingerprint density at radius 2 is 1.85 bits per heavy atom. The number of carbonyl (C=O) groups is 1. The minimum atomic E-state index is -0.472. The molecule has 5 nitrogen and oxygen atoms in total. The van der Waals surface area contributed by atoms with E-state index in [0.29, 0.717) is 16.9 Å². The van der Waals surface area contributed by atoms with Crippen molar-refractivity contribution in [1.29, 1.82) is 0 Å². The molecule has 1 amide bonds. The van der Waals surface area contributed by atoms with Gasteiger partial charge in [-0.2, -0.15) is 0 Å². The molecule has 104 valence electrons. The summed E-state index contributed by atoms with van der Waals surface area (Å²) >= 11 is 0. The summed E-state index contributed by atoms with van der Waals surface area (Å²) in [5.74, 6) is -0.342. The van der Waals surface area contributed by atoms with Crippen LogP contribution in [0.4, 0.5) is 11.4 Å². The van der Waals surface area contributed by atoms with E-state index >= 15 is 0 Å². The highest BCUT2D eigenvalue weighted by molar-refractivity contribution is 5.99. The average molecular weight is 271 g/mol. The number of rotatable bonds is 4. The number of nitrogens with one attached hydrogen (secondary N) is 1. The molecule has 20 heavy (non-hydrogen) atoms. The lowest BCUT2D eigenvalue weighted by atomic mass is 10.1. The molecule has 0 aliphatic carbocycles. The largest absolute Gasteiger partial charge is 0.399 e.